The maximum absolute atomic E-state index is 12.2. The number of aryl methyl sites for hydroxylation is 3. The van der Waals surface area contributed by atoms with Gasteiger partial charge in [-0.05, 0) is 39.0 Å². The second-order valence-corrected chi connectivity index (χ2v) is 5.80. The molecule has 0 atom stereocenters. The van der Waals surface area contributed by atoms with Crippen LogP contribution in [0, 0.1) is 20.8 Å². The molecule has 0 saturated carbocycles. The van der Waals surface area contributed by atoms with Crippen LogP contribution in [0.4, 0.5) is 5.69 Å². The molecule has 1 amide bonds. The van der Waals surface area contributed by atoms with Gasteiger partial charge in [-0.25, -0.2) is 4.98 Å². The molecule has 0 aliphatic rings. The topological polar surface area (TPSA) is 68.0 Å². The second-order valence-electron chi connectivity index (χ2n) is 4.57. The maximum Gasteiger partial charge on any atom is 0.261 e. The Morgan fingerprint density at radius 2 is 2.10 bits per heavy atom. The van der Waals surface area contributed by atoms with Gasteiger partial charge in [0.2, 0.25) is 0 Å². The van der Waals surface area contributed by atoms with Crippen LogP contribution in [0.3, 0.4) is 0 Å². The molecule has 3 rings (SSSR count). The summed E-state index contributed by atoms with van der Waals surface area (Å²) in [4.78, 5) is 16.6. The molecule has 0 radical (unpaired) electrons. The molecule has 2 heterocycles. The second kappa shape index (κ2) is 4.72. The largest absolute Gasteiger partial charge is 0.361 e. The van der Waals surface area contributed by atoms with Crippen molar-refractivity contribution in [1.29, 1.82) is 0 Å². The SMILES string of the molecule is Cc1nc2ccc(NC(=O)c3c(C)noc3C)cc2s1. The van der Waals surface area contributed by atoms with Gasteiger partial charge in [-0.3, -0.25) is 4.79 Å². The number of nitrogens with zero attached hydrogens (tertiary/aromatic N) is 2. The smallest absolute Gasteiger partial charge is 0.261 e. The number of amides is 1. The lowest BCUT2D eigenvalue weighted by Gasteiger charge is -2.04. The van der Waals surface area contributed by atoms with E-state index in [1.807, 2.05) is 25.1 Å². The van der Waals surface area contributed by atoms with E-state index in [0.717, 1.165) is 20.9 Å². The highest BCUT2D eigenvalue weighted by Crippen LogP contribution is 2.25. The summed E-state index contributed by atoms with van der Waals surface area (Å²) in [6.07, 6.45) is 0. The van der Waals surface area contributed by atoms with Crippen LogP contribution in [0.2, 0.25) is 0 Å². The molecule has 102 valence electrons. The predicted octanol–water partition coefficient (Wildman–Crippen LogP) is 3.46. The van der Waals surface area contributed by atoms with Gasteiger partial charge in [0.05, 0.1) is 20.9 Å². The van der Waals surface area contributed by atoms with Gasteiger partial charge in [0, 0.05) is 5.69 Å². The fourth-order valence-corrected chi connectivity index (χ4v) is 2.98. The number of hydrogen-bond donors (Lipinski definition) is 1. The number of carbonyl (C=O) groups is 1. The molecule has 0 unspecified atom stereocenters. The molecular weight excluding hydrogens is 274 g/mol. The highest BCUT2D eigenvalue weighted by Gasteiger charge is 2.17. The van der Waals surface area contributed by atoms with E-state index in [4.69, 9.17) is 4.52 Å². The van der Waals surface area contributed by atoms with Gasteiger partial charge in [0.1, 0.15) is 11.3 Å². The van der Waals surface area contributed by atoms with Crippen molar-refractivity contribution in [1.82, 2.24) is 10.1 Å². The average Bonchev–Trinajstić information content (AvgIpc) is 2.91. The average molecular weight is 287 g/mol. The summed E-state index contributed by atoms with van der Waals surface area (Å²) in [5, 5.41) is 7.66. The number of thiazole rings is 1. The lowest BCUT2D eigenvalue weighted by Crippen LogP contribution is -2.13. The van der Waals surface area contributed by atoms with Gasteiger partial charge in [-0.15, -0.1) is 11.3 Å². The molecule has 20 heavy (non-hydrogen) atoms. The molecule has 3 aromatic rings. The zero-order valence-corrected chi connectivity index (χ0v) is 12.2. The Balaban J connectivity index is 1.91. The maximum atomic E-state index is 12.2. The van der Waals surface area contributed by atoms with Crippen molar-refractivity contribution in [3.05, 3.63) is 40.2 Å². The van der Waals surface area contributed by atoms with E-state index in [9.17, 15) is 4.79 Å². The summed E-state index contributed by atoms with van der Waals surface area (Å²) >= 11 is 1.60. The summed E-state index contributed by atoms with van der Waals surface area (Å²) in [5.41, 5.74) is 2.77. The Hall–Kier alpha value is -2.21. The minimum Gasteiger partial charge on any atom is -0.361 e. The van der Waals surface area contributed by atoms with Gasteiger partial charge < -0.3 is 9.84 Å². The van der Waals surface area contributed by atoms with Crippen molar-refractivity contribution in [3.63, 3.8) is 0 Å². The Labute approximate surface area is 119 Å². The van der Waals surface area contributed by atoms with E-state index in [-0.39, 0.29) is 5.91 Å². The molecule has 5 nitrogen and oxygen atoms in total. The third-order valence-electron chi connectivity index (χ3n) is 3.01. The van der Waals surface area contributed by atoms with Crippen LogP contribution in [0.5, 0.6) is 0 Å². The molecule has 1 N–H and O–H groups in total. The first-order valence-corrected chi connectivity index (χ1v) is 6.97. The summed E-state index contributed by atoms with van der Waals surface area (Å²) in [6, 6.07) is 5.68. The molecule has 0 spiro atoms. The fraction of sp³-hybridized carbons (Fsp3) is 0.214. The number of benzene rings is 1. The molecule has 0 saturated heterocycles. The van der Waals surface area contributed by atoms with Crippen LogP contribution in [0.15, 0.2) is 22.7 Å². The Bertz CT molecular complexity index is 784. The highest BCUT2D eigenvalue weighted by molar-refractivity contribution is 7.18. The predicted molar refractivity (Wildman–Crippen MR) is 78.3 cm³/mol. The molecule has 0 aliphatic heterocycles. The van der Waals surface area contributed by atoms with Crippen molar-refractivity contribution >= 4 is 33.1 Å². The molecule has 2 aromatic heterocycles. The molecule has 0 bridgehead atoms. The fourth-order valence-electron chi connectivity index (χ4n) is 2.12. The third-order valence-corrected chi connectivity index (χ3v) is 3.95. The van der Waals surface area contributed by atoms with Crippen LogP contribution in [0.25, 0.3) is 10.2 Å². The monoisotopic (exact) mass is 287 g/mol. The first-order valence-electron chi connectivity index (χ1n) is 6.16. The number of rotatable bonds is 2. The standard InChI is InChI=1S/C14H13N3O2S/c1-7-13(8(2)19-17-7)14(18)16-10-4-5-11-12(6-10)20-9(3)15-11/h4-6H,1-3H3,(H,16,18). The first kappa shape index (κ1) is 12.8. The number of hydrogen-bond acceptors (Lipinski definition) is 5. The summed E-state index contributed by atoms with van der Waals surface area (Å²) in [5.74, 6) is 0.316. The van der Waals surface area contributed by atoms with Crippen LogP contribution in [-0.2, 0) is 0 Å². The first-order chi connectivity index (χ1) is 9.54. The zero-order valence-electron chi connectivity index (χ0n) is 11.4. The van der Waals surface area contributed by atoms with Gasteiger partial charge in [-0.2, -0.15) is 0 Å². The van der Waals surface area contributed by atoms with Crippen molar-refractivity contribution < 1.29 is 9.32 Å². The lowest BCUT2D eigenvalue weighted by atomic mass is 10.2. The summed E-state index contributed by atoms with van der Waals surface area (Å²) < 4.78 is 6.06. The van der Waals surface area contributed by atoms with Crippen LogP contribution in [-0.4, -0.2) is 16.0 Å². The van der Waals surface area contributed by atoms with Gasteiger partial charge in [0.15, 0.2) is 0 Å². The number of fused-ring (bicyclic) bond motifs is 1. The highest BCUT2D eigenvalue weighted by atomic mass is 32.1. The van der Waals surface area contributed by atoms with E-state index in [0.29, 0.717) is 17.0 Å². The molecular formula is C14H13N3O2S. The molecule has 0 aliphatic carbocycles. The molecule has 6 heteroatoms. The minimum absolute atomic E-state index is 0.207. The van der Waals surface area contributed by atoms with E-state index >= 15 is 0 Å². The third kappa shape index (κ3) is 2.18. The Kier molecular flexibility index (Phi) is 3.02. The van der Waals surface area contributed by atoms with Crippen molar-refractivity contribution in [2.75, 3.05) is 5.32 Å². The van der Waals surface area contributed by atoms with Crippen LogP contribution < -0.4 is 5.32 Å². The van der Waals surface area contributed by atoms with E-state index in [1.165, 1.54) is 0 Å². The van der Waals surface area contributed by atoms with Crippen molar-refractivity contribution in [2.45, 2.75) is 20.8 Å². The van der Waals surface area contributed by atoms with Crippen molar-refractivity contribution in [3.8, 4) is 0 Å². The Morgan fingerprint density at radius 3 is 2.80 bits per heavy atom. The van der Waals surface area contributed by atoms with Crippen LogP contribution >= 0.6 is 11.3 Å². The van der Waals surface area contributed by atoms with E-state index < -0.39 is 0 Å². The molecule has 0 fully saturated rings. The summed E-state index contributed by atoms with van der Waals surface area (Å²) in [7, 11) is 0. The summed E-state index contributed by atoms with van der Waals surface area (Å²) in [6.45, 7) is 5.44. The van der Waals surface area contributed by atoms with E-state index in [2.05, 4.69) is 15.5 Å². The molecule has 1 aromatic carbocycles. The van der Waals surface area contributed by atoms with Gasteiger partial charge >= 0.3 is 0 Å². The zero-order chi connectivity index (χ0) is 14.3. The number of nitrogens with one attached hydrogen (secondary N) is 1. The van der Waals surface area contributed by atoms with Crippen molar-refractivity contribution in [2.24, 2.45) is 0 Å². The lowest BCUT2D eigenvalue weighted by molar-refractivity contribution is 0.102. The number of aromatic nitrogens is 2. The van der Waals surface area contributed by atoms with Gasteiger partial charge in [0.25, 0.3) is 5.91 Å². The minimum atomic E-state index is -0.207. The number of carbonyl (C=O) groups excluding carboxylic acids is 1. The van der Waals surface area contributed by atoms with E-state index in [1.54, 1.807) is 25.2 Å². The Morgan fingerprint density at radius 1 is 1.30 bits per heavy atom. The van der Waals surface area contributed by atoms with Gasteiger partial charge in [-0.1, -0.05) is 5.16 Å². The normalized spacial score (nSPS) is 10.9. The number of anilines is 1. The quantitative estimate of drug-likeness (QED) is 0.783. The van der Waals surface area contributed by atoms with Crippen LogP contribution in [0.1, 0.15) is 26.8 Å².